The van der Waals surface area contributed by atoms with E-state index in [9.17, 15) is 29.4 Å². The molecule has 2 heterocycles. The predicted octanol–water partition coefficient (Wildman–Crippen LogP) is 7.99. The largest absolute Gasteiger partial charge is 0.480 e. The molecule has 0 spiro atoms. The van der Waals surface area contributed by atoms with Gasteiger partial charge in [-0.15, -0.1) is 0 Å². The van der Waals surface area contributed by atoms with Crippen molar-refractivity contribution in [2.45, 2.75) is 76.3 Å². The Bertz CT molecular complexity index is 1940. The van der Waals surface area contributed by atoms with Crippen LogP contribution in [-0.4, -0.2) is 56.2 Å². The van der Waals surface area contributed by atoms with Gasteiger partial charge in [0.1, 0.15) is 12.1 Å². The summed E-state index contributed by atoms with van der Waals surface area (Å²) in [6.07, 6.45) is 5.36. The van der Waals surface area contributed by atoms with Crippen molar-refractivity contribution < 1.29 is 29.4 Å². The van der Waals surface area contributed by atoms with Gasteiger partial charge in [-0.2, -0.15) is 0 Å². The minimum atomic E-state index is -0.873. The Morgan fingerprint density at radius 3 is 1.08 bits per heavy atom. The van der Waals surface area contributed by atoms with Crippen molar-refractivity contribution in [3.63, 3.8) is 0 Å². The van der Waals surface area contributed by atoms with Crippen LogP contribution in [0.4, 0.5) is 0 Å². The molecule has 0 saturated heterocycles. The maximum Gasteiger partial charge on any atom is 0.326 e. The monoisotopic (exact) mass is 702 g/mol. The molecule has 0 fully saturated rings. The minimum absolute atomic E-state index is 0.0752. The molecule has 0 aliphatic rings. The second-order valence-electron chi connectivity index (χ2n) is 13.4. The molecular formula is C42H46N4O6. The number of hydrogen-bond donors (Lipinski definition) is 4. The summed E-state index contributed by atoms with van der Waals surface area (Å²) in [6, 6.07) is 30.1. The van der Waals surface area contributed by atoms with Crippen LogP contribution in [-0.2, 0) is 19.2 Å². The third kappa shape index (κ3) is 8.12. The lowest BCUT2D eigenvalue weighted by molar-refractivity contribution is -0.141. The zero-order chi connectivity index (χ0) is 36.5. The van der Waals surface area contributed by atoms with E-state index in [2.05, 4.69) is 10.6 Å². The van der Waals surface area contributed by atoms with E-state index in [0.29, 0.717) is 77.3 Å². The first-order chi connectivity index (χ1) is 25.3. The summed E-state index contributed by atoms with van der Waals surface area (Å²) in [5.74, 6) is -1.90. The molecule has 6 aromatic rings. The Morgan fingerprint density at radius 1 is 0.462 bits per heavy atom. The van der Waals surface area contributed by atoms with Crippen molar-refractivity contribution in [3.8, 4) is 0 Å². The van der Waals surface area contributed by atoms with Crippen LogP contribution in [0, 0.1) is 0 Å². The highest BCUT2D eigenvalue weighted by atomic mass is 16.4. The fourth-order valence-corrected chi connectivity index (χ4v) is 7.43. The molecule has 0 bridgehead atoms. The SMILES string of the molecule is O=C(CCCCC(=O)NCCCC[C@@H](C(=O)O)n1c2ccccc2c2ccccc21)NCCCC[C@@H](C(=O)O)n1c2ccccc2c2ccccc21. The van der Waals surface area contributed by atoms with Gasteiger partial charge >= 0.3 is 11.9 Å². The van der Waals surface area contributed by atoms with E-state index < -0.39 is 24.0 Å². The van der Waals surface area contributed by atoms with Gasteiger partial charge in [0.05, 0.1) is 0 Å². The minimum Gasteiger partial charge on any atom is -0.480 e. The smallest absolute Gasteiger partial charge is 0.326 e. The van der Waals surface area contributed by atoms with Gasteiger partial charge in [0, 0.05) is 69.5 Å². The highest BCUT2D eigenvalue weighted by Gasteiger charge is 2.25. The normalized spacial score (nSPS) is 12.7. The molecule has 10 nitrogen and oxygen atoms in total. The van der Waals surface area contributed by atoms with Gasteiger partial charge in [0.25, 0.3) is 0 Å². The van der Waals surface area contributed by atoms with Crippen molar-refractivity contribution in [1.29, 1.82) is 0 Å². The number of nitrogens with one attached hydrogen (secondary N) is 2. The number of rotatable bonds is 19. The van der Waals surface area contributed by atoms with Crippen molar-refractivity contribution in [3.05, 3.63) is 97.1 Å². The van der Waals surface area contributed by atoms with Crippen LogP contribution in [0.3, 0.4) is 0 Å². The predicted molar refractivity (Wildman–Crippen MR) is 204 cm³/mol. The Balaban J connectivity index is 0.859. The van der Waals surface area contributed by atoms with Gasteiger partial charge in [0.15, 0.2) is 0 Å². The summed E-state index contributed by atoms with van der Waals surface area (Å²) in [5.41, 5.74) is 3.61. The van der Waals surface area contributed by atoms with E-state index in [1.54, 1.807) is 0 Å². The number of aliphatic carboxylic acids is 2. The van der Waals surface area contributed by atoms with E-state index in [4.69, 9.17) is 0 Å². The zero-order valence-electron chi connectivity index (χ0n) is 29.3. The first-order valence-corrected chi connectivity index (χ1v) is 18.3. The van der Waals surface area contributed by atoms with Crippen LogP contribution >= 0.6 is 0 Å². The number of amides is 2. The standard InChI is InChI=1S/C42H46N4O6/c47-39(43-27-13-11-23-37(41(49)50)45-33-19-5-1-15-29(33)30-16-2-6-20-34(30)45)25-9-10-26-40(48)44-28-14-12-24-38(42(51)52)46-35-21-7-3-17-31(35)32-18-4-8-22-36(32)46/h1-8,15-22,37-38H,9-14,23-28H2,(H,43,47)(H,44,48)(H,49,50)(H,51,52)/t37-,38-/m0/s1. The molecule has 4 N–H and O–H groups in total. The van der Waals surface area contributed by atoms with Gasteiger partial charge in [-0.05, 0) is 75.6 Å². The maximum absolute atomic E-state index is 12.4. The van der Waals surface area contributed by atoms with Gasteiger partial charge < -0.3 is 30.0 Å². The Hall–Kier alpha value is -5.64. The molecule has 2 amide bonds. The average Bonchev–Trinajstić information content (AvgIpc) is 3.66. The molecule has 4 aromatic carbocycles. The van der Waals surface area contributed by atoms with Gasteiger partial charge in [0.2, 0.25) is 11.8 Å². The van der Waals surface area contributed by atoms with E-state index in [-0.39, 0.29) is 11.8 Å². The Labute approximate surface area is 302 Å². The number of nitrogens with zero attached hydrogens (tertiary/aromatic N) is 2. The average molecular weight is 703 g/mol. The molecule has 52 heavy (non-hydrogen) atoms. The summed E-state index contributed by atoms with van der Waals surface area (Å²) >= 11 is 0. The van der Waals surface area contributed by atoms with E-state index in [0.717, 1.165) is 43.6 Å². The summed E-state index contributed by atoms with van der Waals surface area (Å²) in [6.45, 7) is 0.941. The number of carbonyl (C=O) groups excluding carboxylic acids is 2. The van der Waals surface area contributed by atoms with E-state index >= 15 is 0 Å². The van der Waals surface area contributed by atoms with Crippen molar-refractivity contribution >= 4 is 67.4 Å². The molecule has 2 aromatic heterocycles. The lowest BCUT2D eigenvalue weighted by Gasteiger charge is -2.17. The molecule has 0 saturated carbocycles. The number of hydrogen-bond acceptors (Lipinski definition) is 4. The molecule has 0 unspecified atom stereocenters. The summed E-state index contributed by atoms with van der Waals surface area (Å²) < 4.78 is 3.84. The number of unbranched alkanes of at least 4 members (excludes halogenated alkanes) is 3. The first-order valence-electron chi connectivity index (χ1n) is 18.3. The second kappa shape index (κ2) is 17.0. The summed E-state index contributed by atoms with van der Waals surface area (Å²) in [5, 5.41) is 30.2. The number of fused-ring (bicyclic) bond motifs is 6. The third-order valence-electron chi connectivity index (χ3n) is 9.94. The zero-order valence-corrected chi connectivity index (χ0v) is 29.3. The maximum atomic E-state index is 12.4. The van der Waals surface area contributed by atoms with Crippen molar-refractivity contribution in [1.82, 2.24) is 19.8 Å². The quantitative estimate of drug-likeness (QED) is 0.0631. The van der Waals surface area contributed by atoms with Crippen LogP contribution < -0.4 is 10.6 Å². The lowest BCUT2D eigenvalue weighted by Crippen LogP contribution is -2.26. The first kappa shape index (κ1) is 36.2. The lowest BCUT2D eigenvalue weighted by atomic mass is 10.1. The number of carboxylic acids is 2. The number of aromatic nitrogens is 2. The van der Waals surface area contributed by atoms with Crippen LogP contribution in [0.2, 0.25) is 0 Å². The van der Waals surface area contributed by atoms with Crippen LogP contribution in [0.5, 0.6) is 0 Å². The van der Waals surface area contributed by atoms with E-state index in [1.165, 1.54) is 0 Å². The topological polar surface area (TPSA) is 143 Å². The fraction of sp³-hybridized carbons (Fsp3) is 0.333. The third-order valence-corrected chi connectivity index (χ3v) is 9.94. The van der Waals surface area contributed by atoms with Crippen LogP contribution in [0.1, 0.15) is 76.3 Å². The van der Waals surface area contributed by atoms with Crippen LogP contribution in [0.25, 0.3) is 43.6 Å². The molecule has 0 aliphatic heterocycles. The molecule has 6 rings (SSSR count). The van der Waals surface area contributed by atoms with Crippen LogP contribution in [0.15, 0.2) is 97.1 Å². The Kier molecular flexibility index (Phi) is 11.9. The molecule has 2 atom stereocenters. The van der Waals surface area contributed by atoms with Crippen molar-refractivity contribution in [2.24, 2.45) is 0 Å². The highest BCUT2D eigenvalue weighted by Crippen LogP contribution is 2.35. The van der Waals surface area contributed by atoms with E-state index in [1.807, 2.05) is 106 Å². The van der Waals surface area contributed by atoms with Gasteiger partial charge in [-0.1, -0.05) is 72.8 Å². The summed E-state index contributed by atoms with van der Waals surface area (Å²) in [7, 11) is 0. The molecule has 0 radical (unpaired) electrons. The molecule has 0 aliphatic carbocycles. The highest BCUT2D eigenvalue weighted by molar-refractivity contribution is 6.09. The number of carbonyl (C=O) groups is 4. The number of benzene rings is 4. The Morgan fingerprint density at radius 2 is 0.769 bits per heavy atom. The molecule has 10 heteroatoms. The number of carboxylic acid groups (broad SMARTS) is 2. The molecular weight excluding hydrogens is 656 g/mol. The second-order valence-corrected chi connectivity index (χ2v) is 13.4. The molecule has 270 valence electrons. The van der Waals surface area contributed by atoms with Gasteiger partial charge in [-0.3, -0.25) is 9.59 Å². The fourth-order valence-electron chi connectivity index (χ4n) is 7.43. The van der Waals surface area contributed by atoms with Crippen molar-refractivity contribution in [2.75, 3.05) is 13.1 Å². The van der Waals surface area contributed by atoms with Gasteiger partial charge in [-0.25, -0.2) is 9.59 Å². The summed E-state index contributed by atoms with van der Waals surface area (Å²) in [4.78, 5) is 49.5. The number of para-hydroxylation sites is 4.